The van der Waals surface area contributed by atoms with Crippen molar-refractivity contribution in [3.05, 3.63) is 11.7 Å². The maximum absolute atomic E-state index is 12.6. The molecule has 3 rings (SSSR count). The van der Waals surface area contributed by atoms with Crippen LogP contribution in [0.2, 0.25) is 0 Å². The van der Waals surface area contributed by atoms with Gasteiger partial charge >= 0.3 is 0 Å². The molecule has 2 heterocycles. The number of likely N-dealkylation sites (N-methyl/N-ethyl adjacent to an activating group) is 2. The second-order valence-corrected chi connectivity index (χ2v) is 9.29. The van der Waals surface area contributed by atoms with E-state index >= 15 is 0 Å². The van der Waals surface area contributed by atoms with Gasteiger partial charge in [-0.2, -0.15) is 4.98 Å². The van der Waals surface area contributed by atoms with E-state index in [1.54, 1.807) is 11.9 Å². The van der Waals surface area contributed by atoms with Crippen molar-refractivity contribution in [3.63, 3.8) is 0 Å². The Morgan fingerprint density at radius 1 is 1.32 bits per heavy atom. The van der Waals surface area contributed by atoms with Crippen molar-refractivity contribution in [2.24, 2.45) is 0 Å². The van der Waals surface area contributed by atoms with E-state index in [-0.39, 0.29) is 30.0 Å². The Hall–Kier alpha value is -1.48. The zero-order valence-corrected chi connectivity index (χ0v) is 15.7. The zero-order valence-electron chi connectivity index (χ0n) is 14.8. The van der Waals surface area contributed by atoms with Crippen molar-refractivity contribution in [2.45, 2.75) is 51.1 Å². The van der Waals surface area contributed by atoms with E-state index in [0.717, 1.165) is 12.8 Å². The van der Waals surface area contributed by atoms with Gasteiger partial charge in [0.2, 0.25) is 11.8 Å². The fourth-order valence-electron chi connectivity index (χ4n) is 3.27. The molecule has 2 aliphatic rings. The van der Waals surface area contributed by atoms with Gasteiger partial charge in [-0.15, -0.1) is 0 Å². The average molecular weight is 370 g/mol. The molecule has 1 unspecified atom stereocenters. The summed E-state index contributed by atoms with van der Waals surface area (Å²) in [6, 6.07) is -0.0805. The van der Waals surface area contributed by atoms with Crippen LogP contribution in [-0.2, 0) is 21.2 Å². The molecule has 1 saturated carbocycles. The predicted molar refractivity (Wildman–Crippen MR) is 91.7 cm³/mol. The van der Waals surface area contributed by atoms with Crippen molar-refractivity contribution in [1.82, 2.24) is 19.9 Å². The smallest absolute Gasteiger partial charge is 0.237 e. The highest BCUT2D eigenvalue weighted by molar-refractivity contribution is 7.91. The lowest BCUT2D eigenvalue weighted by Gasteiger charge is -2.26. The Labute approximate surface area is 148 Å². The van der Waals surface area contributed by atoms with Crippen LogP contribution in [0.1, 0.15) is 50.2 Å². The molecule has 1 amide bonds. The Balaban J connectivity index is 1.54. The van der Waals surface area contributed by atoms with Crippen molar-refractivity contribution in [2.75, 3.05) is 31.6 Å². The topological polar surface area (TPSA) is 96.6 Å². The number of sulfone groups is 1. The van der Waals surface area contributed by atoms with Gasteiger partial charge in [-0.05, 0) is 33.2 Å². The van der Waals surface area contributed by atoms with Gasteiger partial charge in [-0.25, -0.2) is 8.42 Å². The molecular formula is C16H26N4O4S. The third kappa shape index (κ3) is 4.38. The molecule has 1 aromatic rings. The predicted octanol–water partition coefficient (Wildman–Crippen LogP) is 0.805. The molecule has 25 heavy (non-hydrogen) atoms. The number of hydrogen-bond donors (Lipinski definition) is 0. The molecule has 1 aliphatic heterocycles. The Bertz CT molecular complexity index is 713. The molecular weight excluding hydrogens is 344 g/mol. The fourth-order valence-corrected chi connectivity index (χ4v) is 5.07. The highest BCUT2D eigenvalue weighted by Crippen LogP contribution is 2.35. The van der Waals surface area contributed by atoms with E-state index in [4.69, 9.17) is 4.52 Å². The van der Waals surface area contributed by atoms with Crippen LogP contribution < -0.4 is 0 Å². The van der Waals surface area contributed by atoms with Crippen LogP contribution in [-0.4, -0.2) is 72.0 Å². The van der Waals surface area contributed by atoms with E-state index in [1.807, 2.05) is 11.8 Å². The summed E-state index contributed by atoms with van der Waals surface area (Å²) < 4.78 is 28.5. The van der Waals surface area contributed by atoms with E-state index in [2.05, 4.69) is 10.1 Å². The quantitative estimate of drug-likeness (QED) is 0.700. The van der Waals surface area contributed by atoms with Gasteiger partial charge in [0.15, 0.2) is 15.7 Å². The van der Waals surface area contributed by atoms with E-state index in [9.17, 15) is 13.2 Å². The second kappa shape index (κ2) is 7.41. The number of aromatic nitrogens is 2. The third-order valence-corrected chi connectivity index (χ3v) is 6.97. The lowest BCUT2D eigenvalue weighted by molar-refractivity contribution is -0.133. The molecule has 1 atom stereocenters. The molecule has 1 aromatic heterocycles. The maximum Gasteiger partial charge on any atom is 0.237 e. The molecule has 0 spiro atoms. The minimum atomic E-state index is -2.95. The van der Waals surface area contributed by atoms with Crippen molar-refractivity contribution < 1.29 is 17.7 Å². The van der Waals surface area contributed by atoms with Crippen molar-refractivity contribution in [3.8, 4) is 0 Å². The van der Waals surface area contributed by atoms with Gasteiger partial charge in [0, 0.05) is 18.5 Å². The van der Waals surface area contributed by atoms with E-state index < -0.39 is 9.84 Å². The van der Waals surface area contributed by atoms with E-state index in [0.29, 0.717) is 37.1 Å². The van der Waals surface area contributed by atoms with Gasteiger partial charge in [-0.1, -0.05) is 11.6 Å². The first-order chi connectivity index (χ1) is 11.9. The van der Waals surface area contributed by atoms with Crippen LogP contribution >= 0.6 is 0 Å². The number of hydrogen-bond acceptors (Lipinski definition) is 7. The van der Waals surface area contributed by atoms with E-state index in [1.165, 1.54) is 6.42 Å². The summed E-state index contributed by atoms with van der Waals surface area (Å²) in [5.74, 6) is 1.88. The molecule has 1 aliphatic carbocycles. The zero-order chi connectivity index (χ0) is 18.0. The summed E-state index contributed by atoms with van der Waals surface area (Å²) >= 11 is 0. The normalized spacial score (nSPS) is 22.9. The van der Waals surface area contributed by atoms with Gasteiger partial charge in [0.25, 0.3) is 0 Å². The Kier molecular flexibility index (Phi) is 5.43. The first-order valence-electron chi connectivity index (χ1n) is 8.89. The van der Waals surface area contributed by atoms with Gasteiger partial charge in [-0.3, -0.25) is 9.69 Å². The van der Waals surface area contributed by atoms with Crippen LogP contribution in [0.25, 0.3) is 0 Å². The highest BCUT2D eigenvalue weighted by atomic mass is 32.2. The summed E-state index contributed by atoms with van der Waals surface area (Å²) in [5.41, 5.74) is 0. The molecule has 0 aromatic carbocycles. The number of rotatable bonds is 7. The standard InChI is InChI=1S/C16H26N4O4S/c1-3-20(9-14-17-16(24-18-14)12-5-4-6-12)15(21)10-19(2)13-7-8-25(22,23)11-13/h12-13H,3-11H2,1-2H3. The van der Waals surface area contributed by atoms with Gasteiger partial charge in [0.05, 0.1) is 24.6 Å². The lowest BCUT2D eigenvalue weighted by atomic mass is 9.85. The molecule has 2 fully saturated rings. The second-order valence-electron chi connectivity index (χ2n) is 7.06. The monoisotopic (exact) mass is 370 g/mol. The Morgan fingerprint density at radius 2 is 2.08 bits per heavy atom. The van der Waals surface area contributed by atoms with Crippen molar-refractivity contribution in [1.29, 1.82) is 0 Å². The summed E-state index contributed by atoms with van der Waals surface area (Å²) in [4.78, 5) is 20.5. The minimum absolute atomic E-state index is 0.0516. The average Bonchev–Trinajstić information content (AvgIpc) is 3.09. The van der Waals surface area contributed by atoms with Gasteiger partial charge in [0.1, 0.15) is 0 Å². The van der Waals surface area contributed by atoms with Crippen LogP contribution in [0.4, 0.5) is 0 Å². The lowest BCUT2D eigenvalue weighted by Crippen LogP contribution is -2.43. The number of amides is 1. The largest absolute Gasteiger partial charge is 0.339 e. The maximum atomic E-state index is 12.6. The molecule has 8 nitrogen and oxygen atoms in total. The molecule has 9 heteroatoms. The van der Waals surface area contributed by atoms with Crippen molar-refractivity contribution >= 4 is 15.7 Å². The molecule has 0 bridgehead atoms. The minimum Gasteiger partial charge on any atom is -0.339 e. The molecule has 0 N–H and O–H groups in total. The SMILES string of the molecule is CCN(Cc1noc(C2CCC2)n1)C(=O)CN(C)C1CCS(=O)(=O)C1. The summed E-state index contributed by atoms with van der Waals surface area (Å²) in [5, 5.41) is 3.99. The van der Waals surface area contributed by atoms with Crippen LogP contribution in [0.15, 0.2) is 4.52 Å². The Morgan fingerprint density at radius 3 is 2.64 bits per heavy atom. The van der Waals surface area contributed by atoms with Gasteiger partial charge < -0.3 is 9.42 Å². The molecule has 0 radical (unpaired) electrons. The summed E-state index contributed by atoms with van der Waals surface area (Å²) in [6.07, 6.45) is 3.97. The number of carbonyl (C=O) groups excluding carboxylic acids is 1. The van der Waals surface area contributed by atoms with Crippen LogP contribution in [0.5, 0.6) is 0 Å². The number of nitrogens with zero attached hydrogens (tertiary/aromatic N) is 4. The first-order valence-corrected chi connectivity index (χ1v) is 10.7. The molecule has 1 saturated heterocycles. The highest BCUT2D eigenvalue weighted by Gasteiger charge is 2.32. The van der Waals surface area contributed by atoms with Crippen LogP contribution in [0.3, 0.4) is 0 Å². The third-order valence-electron chi connectivity index (χ3n) is 5.22. The summed E-state index contributed by atoms with van der Waals surface area (Å²) in [7, 11) is -1.15. The van der Waals surface area contributed by atoms with Crippen LogP contribution in [0, 0.1) is 0 Å². The number of carbonyl (C=O) groups is 1. The first kappa shape index (κ1) is 18.3. The fraction of sp³-hybridized carbons (Fsp3) is 0.812. The molecule has 140 valence electrons. The summed E-state index contributed by atoms with van der Waals surface area (Å²) in [6.45, 7) is 2.97.